The Balaban J connectivity index is 2.19. The fourth-order valence-corrected chi connectivity index (χ4v) is 3.20. The molecule has 0 aliphatic rings. The molecule has 1 unspecified atom stereocenters. The zero-order valence-corrected chi connectivity index (χ0v) is 12.7. The quantitative estimate of drug-likeness (QED) is 0.858. The summed E-state index contributed by atoms with van der Waals surface area (Å²) in [5.41, 5.74) is 2.48. The summed E-state index contributed by atoms with van der Waals surface area (Å²) in [6.07, 6.45) is 0.877. The fourth-order valence-electron chi connectivity index (χ4n) is 2.31. The number of benzene rings is 1. The van der Waals surface area contributed by atoms with Crippen molar-refractivity contribution < 1.29 is 5.11 Å². The molecule has 0 aliphatic heterocycles. The van der Waals surface area contributed by atoms with Crippen molar-refractivity contribution in [3.8, 4) is 0 Å². The van der Waals surface area contributed by atoms with Gasteiger partial charge in [0.05, 0.1) is 6.61 Å². The Hall–Kier alpha value is -1.12. The van der Waals surface area contributed by atoms with Gasteiger partial charge in [-0.15, -0.1) is 11.3 Å². The molecule has 0 spiro atoms. The highest BCUT2D eigenvalue weighted by Gasteiger charge is 2.27. The Bertz CT molecular complexity index is 499. The van der Waals surface area contributed by atoms with Crippen LogP contribution in [0.15, 0.2) is 41.8 Å². The summed E-state index contributed by atoms with van der Waals surface area (Å²) in [6.45, 7) is 6.73. The van der Waals surface area contributed by atoms with Crippen LogP contribution in [0.2, 0.25) is 0 Å². The van der Waals surface area contributed by atoms with Crippen LogP contribution in [0.5, 0.6) is 0 Å². The molecule has 0 saturated carbocycles. The van der Waals surface area contributed by atoms with Crippen LogP contribution in [-0.2, 0) is 11.8 Å². The second kappa shape index (κ2) is 5.89. The standard InChI is InChI=1S/C17H22OS/c1-13(2)15-8-6-14(7-9-15)11-17(3,12-18)16-5-4-10-19-16/h4-10,13,18H,11-12H2,1-3H3. The molecule has 1 aromatic heterocycles. The first-order chi connectivity index (χ1) is 9.05. The summed E-state index contributed by atoms with van der Waals surface area (Å²) in [4.78, 5) is 1.25. The Morgan fingerprint density at radius 2 is 1.84 bits per heavy atom. The number of hydrogen-bond donors (Lipinski definition) is 1. The zero-order valence-electron chi connectivity index (χ0n) is 11.9. The van der Waals surface area contributed by atoms with Gasteiger partial charge < -0.3 is 5.11 Å². The SMILES string of the molecule is CC(C)c1ccc(CC(C)(CO)c2cccs2)cc1. The maximum Gasteiger partial charge on any atom is 0.0536 e. The van der Waals surface area contributed by atoms with Gasteiger partial charge in [0, 0.05) is 10.3 Å². The third-order valence-corrected chi connectivity index (χ3v) is 4.88. The van der Waals surface area contributed by atoms with Gasteiger partial charge >= 0.3 is 0 Å². The largest absolute Gasteiger partial charge is 0.395 e. The Labute approximate surface area is 119 Å². The Morgan fingerprint density at radius 1 is 1.16 bits per heavy atom. The summed E-state index contributed by atoms with van der Waals surface area (Å²) in [5, 5.41) is 11.8. The molecule has 1 nitrogen and oxygen atoms in total. The minimum atomic E-state index is -0.173. The molecule has 1 heterocycles. The molecule has 2 heteroatoms. The molecule has 1 aromatic carbocycles. The zero-order chi connectivity index (χ0) is 13.9. The van der Waals surface area contributed by atoms with Gasteiger partial charge in [-0.3, -0.25) is 0 Å². The lowest BCUT2D eigenvalue weighted by atomic mass is 9.82. The molecule has 0 aliphatic carbocycles. The average Bonchev–Trinajstić information content (AvgIpc) is 2.93. The first-order valence-corrected chi connectivity index (χ1v) is 7.67. The fraction of sp³-hybridized carbons (Fsp3) is 0.412. The first kappa shape index (κ1) is 14.3. The van der Waals surface area contributed by atoms with Crippen LogP contribution in [0.4, 0.5) is 0 Å². The summed E-state index contributed by atoms with van der Waals surface area (Å²) in [6, 6.07) is 12.9. The van der Waals surface area contributed by atoms with E-state index in [0.29, 0.717) is 5.92 Å². The lowest BCUT2D eigenvalue weighted by Crippen LogP contribution is -2.28. The van der Waals surface area contributed by atoms with Crippen molar-refractivity contribution in [2.45, 2.75) is 38.5 Å². The van der Waals surface area contributed by atoms with E-state index in [9.17, 15) is 5.11 Å². The topological polar surface area (TPSA) is 20.2 Å². The van der Waals surface area contributed by atoms with Crippen LogP contribution in [0, 0.1) is 0 Å². The third kappa shape index (κ3) is 3.26. The average molecular weight is 274 g/mol. The molecule has 102 valence electrons. The number of thiophene rings is 1. The van der Waals surface area contributed by atoms with E-state index in [0.717, 1.165) is 6.42 Å². The van der Waals surface area contributed by atoms with Crippen molar-refractivity contribution in [1.29, 1.82) is 0 Å². The van der Waals surface area contributed by atoms with E-state index in [1.807, 2.05) is 0 Å². The number of aliphatic hydroxyl groups is 1. The molecular formula is C17H22OS. The smallest absolute Gasteiger partial charge is 0.0536 e. The molecule has 1 N–H and O–H groups in total. The third-order valence-electron chi connectivity index (χ3n) is 3.71. The van der Waals surface area contributed by atoms with Gasteiger partial charge in [0.15, 0.2) is 0 Å². The van der Waals surface area contributed by atoms with E-state index < -0.39 is 0 Å². The van der Waals surface area contributed by atoms with Crippen molar-refractivity contribution in [3.63, 3.8) is 0 Å². The number of aliphatic hydroxyl groups excluding tert-OH is 1. The monoisotopic (exact) mass is 274 g/mol. The Kier molecular flexibility index (Phi) is 4.43. The number of rotatable bonds is 5. The minimum absolute atomic E-state index is 0.173. The normalized spacial score (nSPS) is 14.6. The first-order valence-electron chi connectivity index (χ1n) is 6.79. The van der Waals surface area contributed by atoms with Crippen LogP contribution in [0.25, 0.3) is 0 Å². The lowest BCUT2D eigenvalue weighted by molar-refractivity contribution is 0.207. The molecule has 1 atom stereocenters. The molecule has 0 radical (unpaired) electrons. The molecule has 2 aromatic rings. The van der Waals surface area contributed by atoms with Gasteiger partial charge in [-0.05, 0) is 34.9 Å². The minimum Gasteiger partial charge on any atom is -0.395 e. The molecule has 0 bridgehead atoms. The van der Waals surface area contributed by atoms with Gasteiger partial charge in [0.25, 0.3) is 0 Å². The molecule has 0 fully saturated rings. The maximum atomic E-state index is 9.77. The van der Waals surface area contributed by atoms with Gasteiger partial charge in [-0.2, -0.15) is 0 Å². The van der Waals surface area contributed by atoms with Crippen molar-refractivity contribution in [3.05, 3.63) is 57.8 Å². The molecule has 0 amide bonds. The van der Waals surface area contributed by atoms with E-state index in [4.69, 9.17) is 0 Å². The van der Waals surface area contributed by atoms with Crippen molar-refractivity contribution in [1.82, 2.24) is 0 Å². The number of hydrogen-bond acceptors (Lipinski definition) is 2. The second-order valence-electron chi connectivity index (χ2n) is 5.77. The van der Waals surface area contributed by atoms with Crippen LogP contribution >= 0.6 is 11.3 Å². The second-order valence-corrected chi connectivity index (χ2v) is 6.72. The highest BCUT2D eigenvalue weighted by atomic mass is 32.1. The van der Waals surface area contributed by atoms with Crippen molar-refractivity contribution >= 4 is 11.3 Å². The Morgan fingerprint density at radius 3 is 2.32 bits per heavy atom. The predicted molar refractivity (Wildman–Crippen MR) is 83.0 cm³/mol. The van der Waals surface area contributed by atoms with Crippen molar-refractivity contribution in [2.24, 2.45) is 0 Å². The van der Waals surface area contributed by atoms with Gasteiger partial charge in [-0.25, -0.2) is 0 Å². The summed E-state index contributed by atoms with van der Waals surface area (Å²) < 4.78 is 0. The van der Waals surface area contributed by atoms with E-state index in [-0.39, 0.29) is 12.0 Å². The predicted octanol–water partition coefficient (Wildman–Crippen LogP) is 4.36. The van der Waals surface area contributed by atoms with Crippen LogP contribution in [0.1, 0.15) is 42.7 Å². The van der Waals surface area contributed by atoms with Gasteiger partial charge in [0.1, 0.15) is 0 Å². The molecule has 0 saturated heterocycles. The lowest BCUT2D eigenvalue weighted by Gasteiger charge is -2.26. The van der Waals surface area contributed by atoms with Crippen molar-refractivity contribution in [2.75, 3.05) is 6.61 Å². The van der Waals surface area contributed by atoms with E-state index in [1.54, 1.807) is 11.3 Å². The maximum absolute atomic E-state index is 9.77. The van der Waals surface area contributed by atoms with Crippen LogP contribution in [0.3, 0.4) is 0 Å². The molecular weight excluding hydrogens is 252 g/mol. The van der Waals surface area contributed by atoms with Gasteiger partial charge in [-0.1, -0.05) is 51.1 Å². The van der Waals surface area contributed by atoms with E-state index in [1.165, 1.54) is 16.0 Å². The summed E-state index contributed by atoms with van der Waals surface area (Å²) in [5.74, 6) is 0.565. The van der Waals surface area contributed by atoms with E-state index >= 15 is 0 Å². The highest BCUT2D eigenvalue weighted by molar-refractivity contribution is 7.10. The van der Waals surface area contributed by atoms with E-state index in [2.05, 4.69) is 62.5 Å². The molecule has 2 rings (SSSR count). The van der Waals surface area contributed by atoms with Crippen LogP contribution < -0.4 is 0 Å². The van der Waals surface area contributed by atoms with Gasteiger partial charge in [0.2, 0.25) is 0 Å². The summed E-state index contributed by atoms with van der Waals surface area (Å²) >= 11 is 1.72. The molecule has 19 heavy (non-hydrogen) atoms. The van der Waals surface area contributed by atoms with Crippen LogP contribution in [-0.4, -0.2) is 11.7 Å². The summed E-state index contributed by atoms with van der Waals surface area (Å²) in [7, 11) is 0. The highest BCUT2D eigenvalue weighted by Crippen LogP contribution is 2.31.